The minimum atomic E-state index is 0. The molecule has 0 bridgehead atoms. The lowest BCUT2D eigenvalue weighted by atomic mass is 9.74. The van der Waals surface area contributed by atoms with Crippen molar-refractivity contribution in [1.29, 1.82) is 0 Å². The van der Waals surface area contributed by atoms with Gasteiger partial charge in [-0.1, -0.05) is 56.0 Å². The van der Waals surface area contributed by atoms with Crippen molar-refractivity contribution in [2.45, 2.75) is 62.8 Å². The van der Waals surface area contributed by atoms with E-state index in [1.807, 2.05) is 0 Å². The molecule has 140 valence electrons. The molecular formula is C20H32IN3O. The second-order valence-electron chi connectivity index (χ2n) is 7.29. The quantitative estimate of drug-likeness (QED) is 0.311. The first-order valence-corrected chi connectivity index (χ1v) is 9.48. The second kappa shape index (κ2) is 10.4. The van der Waals surface area contributed by atoms with Gasteiger partial charge in [0.2, 0.25) is 0 Å². The van der Waals surface area contributed by atoms with Gasteiger partial charge in [-0.05, 0) is 31.2 Å². The third-order valence-corrected chi connectivity index (χ3v) is 5.60. The molecule has 0 radical (unpaired) electrons. The summed E-state index contributed by atoms with van der Waals surface area (Å²) < 4.78 is 5.59. The number of hydrogen-bond acceptors (Lipinski definition) is 2. The van der Waals surface area contributed by atoms with Crippen LogP contribution in [0, 0.1) is 0 Å². The van der Waals surface area contributed by atoms with Crippen LogP contribution < -0.4 is 11.1 Å². The first-order chi connectivity index (χ1) is 11.8. The molecule has 1 aromatic rings. The van der Waals surface area contributed by atoms with Crippen molar-refractivity contribution in [2.75, 3.05) is 19.8 Å². The Labute approximate surface area is 169 Å². The van der Waals surface area contributed by atoms with Gasteiger partial charge in [0.15, 0.2) is 5.96 Å². The molecule has 1 saturated heterocycles. The van der Waals surface area contributed by atoms with Crippen LogP contribution in [-0.2, 0) is 10.2 Å². The molecule has 5 heteroatoms. The highest BCUT2D eigenvalue weighted by molar-refractivity contribution is 14.0. The van der Waals surface area contributed by atoms with Crippen LogP contribution in [0.15, 0.2) is 35.3 Å². The normalized spacial score (nSPS) is 21.8. The van der Waals surface area contributed by atoms with Crippen LogP contribution in [0.2, 0.25) is 0 Å². The van der Waals surface area contributed by atoms with E-state index in [0.717, 1.165) is 32.6 Å². The number of rotatable bonds is 4. The number of guanidine groups is 1. The summed E-state index contributed by atoms with van der Waals surface area (Å²) in [5, 5.41) is 3.46. The van der Waals surface area contributed by atoms with Gasteiger partial charge in [-0.2, -0.15) is 0 Å². The van der Waals surface area contributed by atoms with Gasteiger partial charge in [0.25, 0.3) is 0 Å². The molecule has 1 aliphatic carbocycles. The molecule has 25 heavy (non-hydrogen) atoms. The minimum absolute atomic E-state index is 0. The fraction of sp³-hybridized carbons (Fsp3) is 0.650. The molecule has 1 aromatic carbocycles. The Balaban J connectivity index is 0.00000225. The van der Waals surface area contributed by atoms with E-state index >= 15 is 0 Å². The predicted octanol–water partition coefficient (Wildman–Crippen LogP) is 3.98. The van der Waals surface area contributed by atoms with Gasteiger partial charge < -0.3 is 15.8 Å². The molecule has 4 nitrogen and oxygen atoms in total. The summed E-state index contributed by atoms with van der Waals surface area (Å²) in [7, 11) is 0. The first kappa shape index (κ1) is 20.5. The Morgan fingerprint density at radius 2 is 1.72 bits per heavy atom. The van der Waals surface area contributed by atoms with Crippen LogP contribution in [0.4, 0.5) is 0 Å². The Morgan fingerprint density at radius 1 is 1.08 bits per heavy atom. The molecular weight excluding hydrogens is 425 g/mol. The van der Waals surface area contributed by atoms with Gasteiger partial charge in [0.1, 0.15) is 0 Å². The molecule has 3 rings (SSSR count). The zero-order valence-electron chi connectivity index (χ0n) is 15.1. The summed E-state index contributed by atoms with van der Waals surface area (Å²) in [6.07, 6.45) is 9.77. The minimum Gasteiger partial charge on any atom is -0.381 e. The third-order valence-electron chi connectivity index (χ3n) is 5.60. The zero-order chi connectivity index (χ0) is 16.7. The summed E-state index contributed by atoms with van der Waals surface area (Å²) in [6, 6.07) is 11.2. The second-order valence-corrected chi connectivity index (χ2v) is 7.29. The van der Waals surface area contributed by atoms with Gasteiger partial charge in [0.05, 0.1) is 6.54 Å². The lowest BCUT2D eigenvalue weighted by molar-refractivity contribution is 0.0531. The van der Waals surface area contributed by atoms with Gasteiger partial charge >= 0.3 is 0 Å². The number of ether oxygens (including phenoxy) is 1. The van der Waals surface area contributed by atoms with Crippen molar-refractivity contribution in [3.05, 3.63) is 35.9 Å². The van der Waals surface area contributed by atoms with E-state index in [0.29, 0.717) is 12.0 Å². The van der Waals surface area contributed by atoms with Gasteiger partial charge in [0, 0.05) is 24.7 Å². The van der Waals surface area contributed by atoms with E-state index in [4.69, 9.17) is 15.5 Å². The van der Waals surface area contributed by atoms with Gasteiger partial charge in [-0.3, -0.25) is 4.99 Å². The lowest BCUT2D eigenvalue weighted by Crippen LogP contribution is -2.42. The number of nitrogens with zero attached hydrogens (tertiary/aromatic N) is 1. The monoisotopic (exact) mass is 457 g/mol. The van der Waals surface area contributed by atoms with E-state index in [1.54, 1.807) is 0 Å². The predicted molar refractivity (Wildman–Crippen MR) is 115 cm³/mol. The molecule has 1 aliphatic heterocycles. The molecule has 0 amide bonds. The highest BCUT2D eigenvalue weighted by Crippen LogP contribution is 2.35. The standard InChI is InChI=1S/C20H31N3O.HI/c21-19(23-18-10-6-1-2-7-11-18)22-16-20(12-14-24-15-13-20)17-8-4-3-5-9-17;/h3-5,8-9,18H,1-2,6-7,10-16H2,(H3,21,22,23);1H. The fourth-order valence-corrected chi connectivity index (χ4v) is 4.01. The Bertz CT molecular complexity index is 521. The van der Waals surface area contributed by atoms with Crippen molar-refractivity contribution >= 4 is 29.9 Å². The fourth-order valence-electron chi connectivity index (χ4n) is 4.01. The molecule has 1 heterocycles. The number of benzene rings is 1. The Kier molecular flexibility index (Phi) is 8.49. The third kappa shape index (κ3) is 5.84. The zero-order valence-corrected chi connectivity index (χ0v) is 17.4. The molecule has 0 atom stereocenters. The first-order valence-electron chi connectivity index (χ1n) is 9.48. The van der Waals surface area contributed by atoms with Crippen LogP contribution in [0.5, 0.6) is 0 Å². The largest absolute Gasteiger partial charge is 0.381 e. The van der Waals surface area contributed by atoms with Crippen molar-refractivity contribution in [2.24, 2.45) is 10.7 Å². The number of nitrogens with two attached hydrogens (primary N) is 1. The van der Waals surface area contributed by atoms with E-state index in [1.165, 1.54) is 44.1 Å². The summed E-state index contributed by atoms with van der Waals surface area (Å²) in [5.74, 6) is 0.615. The summed E-state index contributed by atoms with van der Waals surface area (Å²) in [5.41, 5.74) is 7.64. The highest BCUT2D eigenvalue weighted by Gasteiger charge is 2.34. The maximum atomic E-state index is 6.22. The number of aliphatic imine (C=N–C) groups is 1. The smallest absolute Gasteiger partial charge is 0.188 e. The van der Waals surface area contributed by atoms with Crippen LogP contribution in [-0.4, -0.2) is 31.8 Å². The lowest BCUT2D eigenvalue weighted by Gasteiger charge is -2.36. The summed E-state index contributed by atoms with van der Waals surface area (Å²) in [4.78, 5) is 4.75. The Hall–Kier alpha value is -0.820. The SMILES string of the molecule is I.NC(=NCC1(c2ccccc2)CCOCC1)NC1CCCCCC1. The van der Waals surface area contributed by atoms with Crippen LogP contribution >= 0.6 is 24.0 Å². The van der Waals surface area contributed by atoms with Crippen LogP contribution in [0.1, 0.15) is 56.9 Å². The summed E-state index contributed by atoms with van der Waals surface area (Å²) >= 11 is 0. The topological polar surface area (TPSA) is 59.6 Å². The summed E-state index contributed by atoms with van der Waals surface area (Å²) in [6.45, 7) is 2.35. The molecule has 0 unspecified atom stereocenters. The molecule has 0 spiro atoms. The Morgan fingerprint density at radius 3 is 2.36 bits per heavy atom. The molecule has 2 fully saturated rings. The van der Waals surface area contributed by atoms with Crippen molar-refractivity contribution in [3.63, 3.8) is 0 Å². The van der Waals surface area contributed by atoms with Gasteiger partial charge in [-0.15, -0.1) is 24.0 Å². The van der Waals surface area contributed by atoms with E-state index in [9.17, 15) is 0 Å². The van der Waals surface area contributed by atoms with Crippen molar-refractivity contribution in [3.8, 4) is 0 Å². The number of halogens is 1. The number of nitrogens with one attached hydrogen (secondary N) is 1. The van der Waals surface area contributed by atoms with Gasteiger partial charge in [-0.25, -0.2) is 0 Å². The van der Waals surface area contributed by atoms with E-state index in [-0.39, 0.29) is 29.4 Å². The molecule has 2 aliphatic rings. The van der Waals surface area contributed by atoms with Crippen LogP contribution in [0.25, 0.3) is 0 Å². The molecule has 1 saturated carbocycles. The molecule has 0 aromatic heterocycles. The average Bonchev–Trinajstić information content (AvgIpc) is 2.90. The highest BCUT2D eigenvalue weighted by atomic mass is 127. The maximum Gasteiger partial charge on any atom is 0.188 e. The van der Waals surface area contributed by atoms with E-state index in [2.05, 4.69) is 35.6 Å². The average molecular weight is 457 g/mol. The molecule has 3 N–H and O–H groups in total. The van der Waals surface area contributed by atoms with Crippen molar-refractivity contribution < 1.29 is 4.74 Å². The maximum absolute atomic E-state index is 6.22. The van der Waals surface area contributed by atoms with Crippen molar-refractivity contribution in [1.82, 2.24) is 5.32 Å². The van der Waals surface area contributed by atoms with E-state index < -0.39 is 0 Å². The number of hydrogen-bond donors (Lipinski definition) is 2. The van der Waals surface area contributed by atoms with Crippen LogP contribution in [0.3, 0.4) is 0 Å².